The molecule has 9 nitrogen and oxygen atoms in total. The van der Waals surface area contributed by atoms with Gasteiger partial charge >= 0.3 is 5.97 Å². The Balaban J connectivity index is 0.00000441. The van der Waals surface area contributed by atoms with E-state index in [0.717, 1.165) is 24.0 Å². The molecule has 1 heterocycles. The Morgan fingerprint density at radius 1 is 1.00 bits per heavy atom. The van der Waals surface area contributed by atoms with E-state index in [-0.39, 0.29) is 35.6 Å². The molecule has 1 aliphatic rings. The number of likely N-dealkylation sites (tertiary alicyclic amines) is 1. The second-order valence-electron chi connectivity index (χ2n) is 9.97. The van der Waals surface area contributed by atoms with Crippen LogP contribution in [0.4, 0.5) is 5.69 Å². The van der Waals surface area contributed by atoms with Crippen molar-refractivity contribution in [2.24, 2.45) is 11.7 Å². The number of hydrogen-bond donors (Lipinski definition) is 3. The number of carboxylic acid groups (broad SMARTS) is 1. The summed E-state index contributed by atoms with van der Waals surface area (Å²) < 4.78 is 0. The average Bonchev–Trinajstić information content (AvgIpc) is 3.21. The lowest BCUT2D eigenvalue weighted by Crippen LogP contribution is -2.44. The minimum Gasteiger partial charge on any atom is -0.481 e. The highest BCUT2D eigenvalue weighted by Crippen LogP contribution is 2.31. The molecule has 0 radical (unpaired) electrons. The van der Waals surface area contributed by atoms with E-state index in [1.165, 1.54) is 12.5 Å². The summed E-state index contributed by atoms with van der Waals surface area (Å²) in [6.45, 7) is 2.31. The number of nitrogen functional groups attached to an aromatic ring is 1. The van der Waals surface area contributed by atoms with Crippen LogP contribution < -0.4 is 10.6 Å². The molecule has 0 aromatic heterocycles. The van der Waals surface area contributed by atoms with Gasteiger partial charge in [0, 0.05) is 31.3 Å². The van der Waals surface area contributed by atoms with Gasteiger partial charge in [-0.3, -0.25) is 19.8 Å². The maximum Gasteiger partial charge on any atom is 0.304 e. The highest BCUT2D eigenvalue weighted by molar-refractivity contribution is 5.95. The van der Waals surface area contributed by atoms with E-state index < -0.39 is 11.9 Å². The van der Waals surface area contributed by atoms with Gasteiger partial charge in [0.25, 0.3) is 0 Å². The highest BCUT2D eigenvalue weighted by atomic mass is 16.4. The summed E-state index contributed by atoms with van der Waals surface area (Å²) in [4.78, 5) is 40.8. The number of anilines is 1. The number of hydrogen-bond acceptors (Lipinski definition) is 4. The summed E-state index contributed by atoms with van der Waals surface area (Å²) in [5.41, 5.74) is 10.0. The zero-order chi connectivity index (χ0) is 27.9. The van der Waals surface area contributed by atoms with E-state index in [1.807, 2.05) is 54.6 Å². The van der Waals surface area contributed by atoms with E-state index in [2.05, 4.69) is 12.1 Å². The molecule has 0 saturated carbocycles. The molecule has 0 aliphatic carbocycles. The Bertz CT molecular complexity index is 1330. The number of nitrogens with zero attached hydrogens (tertiary/aromatic N) is 2. The average molecular weight is 545 g/mol. The van der Waals surface area contributed by atoms with Crippen LogP contribution in [0, 0.1) is 11.3 Å². The maximum atomic E-state index is 13.2. The van der Waals surface area contributed by atoms with Gasteiger partial charge in [-0.25, -0.2) is 0 Å². The zero-order valence-electron chi connectivity index (χ0n) is 22.5. The summed E-state index contributed by atoms with van der Waals surface area (Å²) in [6, 6.07) is 24.8. The lowest BCUT2D eigenvalue weighted by atomic mass is 10.0. The van der Waals surface area contributed by atoms with Crippen molar-refractivity contribution in [3.8, 4) is 11.1 Å². The Morgan fingerprint density at radius 3 is 2.15 bits per heavy atom. The Labute approximate surface area is 234 Å². The SMILES string of the molecule is CC(=O)N(C[C@@H]1C[C@@H](CC(=O)O)C(=O)N1CCCc1ccccc1)c1ccc(-c2ccc(C(=N)N)cc2)cc1.O. The summed E-state index contributed by atoms with van der Waals surface area (Å²) in [5, 5.41) is 16.9. The van der Waals surface area contributed by atoms with Crippen LogP contribution in [0.15, 0.2) is 78.9 Å². The number of nitrogens with two attached hydrogens (primary N) is 1. The van der Waals surface area contributed by atoms with Crippen LogP contribution in [0.2, 0.25) is 0 Å². The van der Waals surface area contributed by atoms with Crippen LogP contribution in [-0.2, 0) is 20.8 Å². The maximum absolute atomic E-state index is 13.2. The third-order valence-electron chi connectivity index (χ3n) is 7.24. The Morgan fingerprint density at radius 2 is 1.60 bits per heavy atom. The monoisotopic (exact) mass is 544 g/mol. The second-order valence-corrected chi connectivity index (χ2v) is 9.97. The summed E-state index contributed by atoms with van der Waals surface area (Å²) in [7, 11) is 0. The molecule has 210 valence electrons. The van der Waals surface area contributed by atoms with E-state index in [1.54, 1.807) is 21.9 Å². The molecule has 2 amide bonds. The Hall–Kier alpha value is -4.50. The van der Waals surface area contributed by atoms with Crippen molar-refractivity contribution in [2.45, 2.75) is 38.6 Å². The van der Waals surface area contributed by atoms with Gasteiger partial charge in [-0.2, -0.15) is 0 Å². The van der Waals surface area contributed by atoms with Crippen LogP contribution in [0.1, 0.15) is 37.3 Å². The van der Waals surface area contributed by atoms with Crippen molar-refractivity contribution in [2.75, 3.05) is 18.0 Å². The minimum atomic E-state index is -0.992. The minimum absolute atomic E-state index is 0. The fraction of sp³-hybridized carbons (Fsp3) is 0.290. The number of amidine groups is 1. The van der Waals surface area contributed by atoms with Crippen molar-refractivity contribution in [1.82, 2.24) is 4.90 Å². The third-order valence-corrected chi connectivity index (χ3v) is 7.24. The quantitative estimate of drug-likeness (QED) is 0.248. The summed E-state index contributed by atoms with van der Waals surface area (Å²) in [6.07, 6.45) is 1.76. The first kappa shape index (κ1) is 30.0. The van der Waals surface area contributed by atoms with Gasteiger partial charge in [0.1, 0.15) is 5.84 Å². The molecule has 6 N–H and O–H groups in total. The summed E-state index contributed by atoms with van der Waals surface area (Å²) in [5.74, 6) is -1.86. The molecular formula is C31H36N4O5. The van der Waals surface area contributed by atoms with E-state index in [0.29, 0.717) is 30.8 Å². The first-order chi connectivity index (χ1) is 18.7. The number of carboxylic acids is 1. The lowest BCUT2D eigenvalue weighted by Gasteiger charge is -2.30. The van der Waals surface area contributed by atoms with Crippen LogP contribution in [0.25, 0.3) is 11.1 Å². The Kier molecular flexibility index (Phi) is 10.2. The molecule has 1 saturated heterocycles. The molecule has 3 aromatic rings. The van der Waals surface area contributed by atoms with Crippen LogP contribution in [0.3, 0.4) is 0 Å². The number of amides is 2. The van der Waals surface area contributed by atoms with Gasteiger partial charge in [0.2, 0.25) is 11.8 Å². The smallest absolute Gasteiger partial charge is 0.304 e. The van der Waals surface area contributed by atoms with Crippen molar-refractivity contribution < 1.29 is 25.0 Å². The second kappa shape index (κ2) is 13.5. The number of rotatable bonds is 11. The molecule has 4 rings (SSSR count). The fourth-order valence-electron chi connectivity index (χ4n) is 5.22. The van der Waals surface area contributed by atoms with Crippen molar-refractivity contribution in [3.05, 3.63) is 90.0 Å². The molecule has 9 heteroatoms. The molecule has 2 atom stereocenters. The molecule has 0 unspecified atom stereocenters. The van der Waals surface area contributed by atoms with Gasteiger partial charge in [0.05, 0.1) is 18.4 Å². The largest absolute Gasteiger partial charge is 0.481 e. The van der Waals surface area contributed by atoms with E-state index in [4.69, 9.17) is 11.1 Å². The standard InChI is InChI=1S/C31H34N4O4.H2O/c1-21(36)35(27-15-13-24(14-16-27)23-9-11-25(12-10-23)30(32)33)20-28-18-26(19-29(37)38)31(39)34(28)17-5-8-22-6-3-2-4-7-22;/h2-4,6-7,9-16,26,28H,5,8,17-20H2,1H3,(H3,32,33)(H,37,38);1H2/t26-,28-;/m0./s1. The van der Waals surface area contributed by atoms with Crippen LogP contribution >= 0.6 is 0 Å². The zero-order valence-corrected chi connectivity index (χ0v) is 22.5. The van der Waals surface area contributed by atoms with Crippen molar-refractivity contribution >= 4 is 29.3 Å². The number of nitrogens with one attached hydrogen (secondary N) is 1. The fourth-order valence-corrected chi connectivity index (χ4v) is 5.22. The van der Waals surface area contributed by atoms with E-state index in [9.17, 15) is 19.5 Å². The van der Waals surface area contributed by atoms with Gasteiger partial charge in [-0.15, -0.1) is 0 Å². The number of benzene rings is 3. The topological polar surface area (TPSA) is 159 Å². The number of carbonyl (C=O) groups excluding carboxylic acids is 2. The number of carbonyl (C=O) groups is 3. The van der Waals surface area contributed by atoms with Crippen LogP contribution in [-0.4, -0.2) is 58.2 Å². The lowest BCUT2D eigenvalue weighted by molar-refractivity contribution is -0.142. The molecule has 1 aliphatic heterocycles. The van der Waals surface area contributed by atoms with Gasteiger partial charge in [-0.1, -0.05) is 66.7 Å². The van der Waals surface area contributed by atoms with Gasteiger partial charge < -0.3 is 26.1 Å². The summed E-state index contributed by atoms with van der Waals surface area (Å²) >= 11 is 0. The predicted molar refractivity (Wildman–Crippen MR) is 155 cm³/mol. The third kappa shape index (κ3) is 7.33. The first-order valence-corrected chi connectivity index (χ1v) is 13.1. The normalized spacial score (nSPS) is 16.3. The molecule has 1 fully saturated rings. The molecule has 40 heavy (non-hydrogen) atoms. The first-order valence-electron chi connectivity index (χ1n) is 13.1. The number of aryl methyl sites for hydroxylation is 1. The van der Waals surface area contributed by atoms with E-state index >= 15 is 0 Å². The van der Waals surface area contributed by atoms with Gasteiger partial charge in [0.15, 0.2) is 0 Å². The number of aliphatic carboxylic acids is 1. The molecule has 3 aromatic carbocycles. The molecule has 0 bridgehead atoms. The van der Waals surface area contributed by atoms with Crippen molar-refractivity contribution in [3.63, 3.8) is 0 Å². The van der Waals surface area contributed by atoms with Crippen molar-refractivity contribution in [1.29, 1.82) is 5.41 Å². The predicted octanol–water partition coefficient (Wildman–Crippen LogP) is 3.49. The molecule has 0 spiro atoms. The highest BCUT2D eigenvalue weighted by Gasteiger charge is 2.41. The van der Waals surface area contributed by atoms with Gasteiger partial charge in [-0.05, 0) is 48.1 Å². The van der Waals surface area contributed by atoms with Crippen LogP contribution in [0.5, 0.6) is 0 Å². The molecular weight excluding hydrogens is 508 g/mol.